The van der Waals surface area contributed by atoms with E-state index >= 15 is 0 Å². The molecule has 0 radical (unpaired) electrons. The van der Waals surface area contributed by atoms with Crippen molar-refractivity contribution in [2.45, 2.75) is 37.8 Å². The van der Waals surface area contributed by atoms with Gasteiger partial charge in [-0.3, -0.25) is 4.79 Å². The Bertz CT molecular complexity index is 424. The molecule has 0 atom stereocenters. The molecule has 1 aromatic rings. The van der Waals surface area contributed by atoms with Gasteiger partial charge in [0.1, 0.15) is 0 Å². The van der Waals surface area contributed by atoms with Crippen molar-refractivity contribution in [2.24, 2.45) is 5.73 Å². The molecule has 0 aliphatic heterocycles. The molecule has 1 aliphatic rings. The monoisotopic (exact) mass is 276 g/mol. The van der Waals surface area contributed by atoms with Crippen molar-refractivity contribution in [1.82, 2.24) is 4.90 Å². The fourth-order valence-electron chi connectivity index (χ4n) is 2.66. The summed E-state index contributed by atoms with van der Waals surface area (Å²) >= 11 is 0. The van der Waals surface area contributed by atoms with Gasteiger partial charge in [-0.1, -0.05) is 30.3 Å². The van der Waals surface area contributed by atoms with Crippen molar-refractivity contribution in [3.05, 3.63) is 35.9 Å². The highest BCUT2D eigenvalue weighted by molar-refractivity contribution is 5.77. The molecule has 110 valence electrons. The van der Waals surface area contributed by atoms with Crippen LogP contribution in [-0.4, -0.2) is 36.6 Å². The molecule has 2 N–H and O–H groups in total. The second-order valence-corrected chi connectivity index (χ2v) is 5.51. The third-order valence-corrected chi connectivity index (χ3v) is 4.14. The summed E-state index contributed by atoms with van der Waals surface area (Å²) in [5, 5.41) is 0. The van der Waals surface area contributed by atoms with Gasteiger partial charge in [-0.15, -0.1) is 0 Å². The molecule has 0 heterocycles. The Morgan fingerprint density at radius 3 is 2.55 bits per heavy atom. The van der Waals surface area contributed by atoms with Crippen LogP contribution in [0.25, 0.3) is 0 Å². The van der Waals surface area contributed by atoms with Crippen LogP contribution < -0.4 is 5.73 Å². The Kier molecular flexibility index (Phi) is 5.15. The molecule has 1 fully saturated rings. The average Bonchev–Trinajstić information content (AvgIpc) is 2.43. The smallest absolute Gasteiger partial charge is 0.225 e. The van der Waals surface area contributed by atoms with Crippen molar-refractivity contribution < 1.29 is 9.53 Å². The van der Waals surface area contributed by atoms with Crippen molar-refractivity contribution in [3.63, 3.8) is 0 Å². The number of carbonyl (C=O) groups excluding carboxylic acids is 1. The number of carbonyl (C=O) groups is 1. The highest BCUT2D eigenvalue weighted by Crippen LogP contribution is 2.38. The van der Waals surface area contributed by atoms with E-state index in [1.807, 2.05) is 35.2 Å². The molecule has 20 heavy (non-hydrogen) atoms. The second-order valence-electron chi connectivity index (χ2n) is 5.51. The fraction of sp³-hybridized carbons (Fsp3) is 0.562. The predicted molar refractivity (Wildman–Crippen MR) is 79.1 cm³/mol. The fourth-order valence-corrected chi connectivity index (χ4v) is 2.66. The number of nitrogens with two attached hydrogens (primary N) is 1. The topological polar surface area (TPSA) is 55.6 Å². The van der Waals surface area contributed by atoms with Crippen LogP contribution in [0.2, 0.25) is 0 Å². The van der Waals surface area contributed by atoms with E-state index in [0.29, 0.717) is 26.1 Å². The van der Waals surface area contributed by atoms with Gasteiger partial charge in [-0.25, -0.2) is 0 Å². The number of benzene rings is 1. The number of nitrogens with zero attached hydrogens (tertiary/aromatic N) is 1. The van der Waals surface area contributed by atoms with Gasteiger partial charge in [0.05, 0.1) is 12.0 Å². The standard InChI is InChI=1S/C16H24N2O2/c1-20-16(8-5-9-16)12-15(19)18(11-10-17)13-14-6-3-2-4-7-14/h2-4,6-7H,5,8-13,17H2,1H3. The summed E-state index contributed by atoms with van der Waals surface area (Å²) in [5.74, 6) is 0.140. The van der Waals surface area contributed by atoms with Gasteiger partial charge in [-0.05, 0) is 24.8 Å². The average molecular weight is 276 g/mol. The summed E-state index contributed by atoms with van der Waals surface area (Å²) in [4.78, 5) is 14.3. The zero-order chi connectivity index (χ0) is 14.4. The summed E-state index contributed by atoms with van der Waals surface area (Å²) in [6.07, 6.45) is 3.58. The molecule has 0 aromatic heterocycles. The molecule has 2 rings (SSSR count). The minimum atomic E-state index is -0.222. The van der Waals surface area contributed by atoms with E-state index in [1.165, 1.54) is 0 Å². The Morgan fingerprint density at radius 1 is 1.35 bits per heavy atom. The third-order valence-electron chi connectivity index (χ3n) is 4.14. The zero-order valence-corrected chi connectivity index (χ0v) is 12.2. The van der Waals surface area contributed by atoms with E-state index in [9.17, 15) is 4.79 Å². The molecule has 1 aromatic carbocycles. The minimum absolute atomic E-state index is 0.140. The number of rotatable bonds is 7. The van der Waals surface area contributed by atoms with Crippen LogP contribution in [0.3, 0.4) is 0 Å². The van der Waals surface area contributed by atoms with Crippen molar-refractivity contribution in [2.75, 3.05) is 20.2 Å². The summed E-state index contributed by atoms with van der Waals surface area (Å²) in [6.45, 7) is 1.70. The highest BCUT2D eigenvalue weighted by atomic mass is 16.5. The van der Waals surface area contributed by atoms with Crippen LogP contribution >= 0.6 is 0 Å². The number of hydrogen-bond acceptors (Lipinski definition) is 3. The van der Waals surface area contributed by atoms with Crippen molar-refractivity contribution in [1.29, 1.82) is 0 Å². The first-order valence-corrected chi connectivity index (χ1v) is 7.26. The Labute approximate surface area is 120 Å². The third kappa shape index (κ3) is 3.58. The lowest BCUT2D eigenvalue weighted by molar-refractivity contribution is -0.144. The van der Waals surface area contributed by atoms with Crippen LogP contribution in [0.4, 0.5) is 0 Å². The molecular formula is C16H24N2O2. The maximum atomic E-state index is 12.5. The van der Waals surface area contributed by atoms with Crippen molar-refractivity contribution in [3.8, 4) is 0 Å². The van der Waals surface area contributed by atoms with E-state index in [2.05, 4.69) is 0 Å². The molecule has 1 saturated carbocycles. The molecule has 0 unspecified atom stereocenters. The quantitative estimate of drug-likeness (QED) is 0.828. The Balaban J connectivity index is 1.98. The number of methoxy groups -OCH3 is 1. The van der Waals surface area contributed by atoms with E-state index in [0.717, 1.165) is 24.8 Å². The maximum absolute atomic E-state index is 12.5. The van der Waals surface area contributed by atoms with Gasteiger partial charge in [0.15, 0.2) is 0 Å². The van der Waals surface area contributed by atoms with Crippen LogP contribution in [-0.2, 0) is 16.1 Å². The molecule has 1 aliphatic carbocycles. The number of ether oxygens (including phenoxy) is 1. The molecular weight excluding hydrogens is 252 g/mol. The van der Waals surface area contributed by atoms with Crippen molar-refractivity contribution >= 4 is 5.91 Å². The summed E-state index contributed by atoms with van der Waals surface area (Å²) in [7, 11) is 1.71. The molecule has 4 heteroatoms. The van der Waals surface area contributed by atoms with E-state index in [-0.39, 0.29) is 11.5 Å². The maximum Gasteiger partial charge on any atom is 0.225 e. The van der Waals surface area contributed by atoms with Gasteiger partial charge in [0, 0.05) is 26.7 Å². The minimum Gasteiger partial charge on any atom is -0.378 e. The Morgan fingerprint density at radius 2 is 2.05 bits per heavy atom. The predicted octanol–water partition coefficient (Wildman–Crippen LogP) is 1.93. The van der Waals surface area contributed by atoms with Crippen LogP contribution in [0.1, 0.15) is 31.2 Å². The molecule has 0 spiro atoms. The van der Waals surface area contributed by atoms with Gasteiger partial charge < -0.3 is 15.4 Å². The lowest BCUT2D eigenvalue weighted by atomic mass is 9.77. The van der Waals surface area contributed by atoms with Gasteiger partial charge in [-0.2, -0.15) is 0 Å². The highest BCUT2D eigenvalue weighted by Gasteiger charge is 2.39. The normalized spacial score (nSPS) is 16.5. The number of hydrogen-bond donors (Lipinski definition) is 1. The molecule has 0 bridgehead atoms. The van der Waals surface area contributed by atoms with Gasteiger partial charge >= 0.3 is 0 Å². The summed E-state index contributed by atoms with van der Waals surface area (Å²) in [5.41, 5.74) is 6.55. The SMILES string of the molecule is COC1(CC(=O)N(CCN)Cc2ccccc2)CCC1. The first-order chi connectivity index (χ1) is 9.69. The second kappa shape index (κ2) is 6.86. The van der Waals surface area contributed by atoms with Crippen LogP contribution in [0.5, 0.6) is 0 Å². The summed E-state index contributed by atoms with van der Waals surface area (Å²) in [6, 6.07) is 10.0. The molecule has 0 saturated heterocycles. The van der Waals surface area contributed by atoms with E-state index < -0.39 is 0 Å². The van der Waals surface area contributed by atoms with E-state index in [4.69, 9.17) is 10.5 Å². The molecule has 1 amide bonds. The van der Waals surface area contributed by atoms with Crippen LogP contribution in [0, 0.1) is 0 Å². The zero-order valence-electron chi connectivity index (χ0n) is 12.2. The van der Waals surface area contributed by atoms with Gasteiger partial charge in [0.25, 0.3) is 0 Å². The number of amides is 1. The summed E-state index contributed by atoms with van der Waals surface area (Å²) < 4.78 is 5.54. The lowest BCUT2D eigenvalue weighted by Gasteiger charge is -2.41. The van der Waals surface area contributed by atoms with Gasteiger partial charge in [0.2, 0.25) is 5.91 Å². The first kappa shape index (κ1) is 15.0. The first-order valence-electron chi connectivity index (χ1n) is 7.26. The largest absolute Gasteiger partial charge is 0.378 e. The van der Waals surface area contributed by atoms with E-state index in [1.54, 1.807) is 7.11 Å². The Hall–Kier alpha value is -1.39. The van der Waals surface area contributed by atoms with Crippen LogP contribution in [0.15, 0.2) is 30.3 Å². The molecule has 4 nitrogen and oxygen atoms in total. The lowest BCUT2D eigenvalue weighted by Crippen LogP contribution is -2.45.